The summed E-state index contributed by atoms with van der Waals surface area (Å²) >= 11 is 0. The Bertz CT molecular complexity index is 261. The Morgan fingerprint density at radius 1 is 0.538 bits per heavy atom. The molecule has 1 aliphatic rings. The molecule has 26 heavy (non-hydrogen) atoms. The van der Waals surface area contributed by atoms with Gasteiger partial charge in [-0.1, -0.05) is 122 Å². The Balaban J connectivity index is 1.65. The predicted molar refractivity (Wildman–Crippen MR) is 113 cm³/mol. The predicted octanol–water partition coefficient (Wildman–Crippen LogP) is 8.53. The highest BCUT2D eigenvalue weighted by Gasteiger charge is 2.14. The summed E-state index contributed by atoms with van der Waals surface area (Å²) in [4.78, 5) is 10.9. The van der Waals surface area contributed by atoms with Crippen molar-refractivity contribution in [1.82, 2.24) is 0 Å². The zero-order valence-corrected chi connectivity index (χ0v) is 18.0. The molecule has 0 unspecified atom stereocenters. The molecule has 0 radical (unpaired) electrons. The normalized spacial score (nSPS) is 15.6. The van der Waals surface area contributed by atoms with E-state index in [9.17, 15) is 0 Å². The van der Waals surface area contributed by atoms with Crippen LogP contribution in [-0.4, -0.2) is 12.7 Å². The van der Waals surface area contributed by atoms with E-state index in [4.69, 9.17) is 9.78 Å². The molecule has 0 amide bonds. The van der Waals surface area contributed by atoms with Crippen LogP contribution >= 0.6 is 0 Å². The zero-order valence-electron chi connectivity index (χ0n) is 18.0. The smallest absolute Gasteiger partial charge is 0.0930 e. The molecule has 0 aromatic carbocycles. The standard InChI is InChI=1S/C24H48O2/c1-2-3-4-5-6-7-8-9-10-11-12-13-14-15-16-20-23-25-26-24-21-18-17-19-22-24/h24H,2-23H2,1H3. The second kappa shape index (κ2) is 19.7. The van der Waals surface area contributed by atoms with Crippen LogP contribution in [0.25, 0.3) is 0 Å². The summed E-state index contributed by atoms with van der Waals surface area (Å²) in [6, 6.07) is 0. The highest BCUT2D eigenvalue weighted by Crippen LogP contribution is 2.20. The third-order valence-electron chi connectivity index (χ3n) is 5.84. The molecule has 1 saturated carbocycles. The first-order valence-electron chi connectivity index (χ1n) is 12.2. The van der Waals surface area contributed by atoms with E-state index in [1.54, 1.807) is 0 Å². The van der Waals surface area contributed by atoms with E-state index in [2.05, 4.69) is 6.92 Å². The minimum atomic E-state index is 0.379. The van der Waals surface area contributed by atoms with Gasteiger partial charge in [-0.25, -0.2) is 9.78 Å². The average Bonchev–Trinajstić information content (AvgIpc) is 2.68. The Morgan fingerprint density at radius 3 is 1.42 bits per heavy atom. The first-order valence-corrected chi connectivity index (χ1v) is 12.2. The van der Waals surface area contributed by atoms with Gasteiger partial charge in [0.05, 0.1) is 12.7 Å². The first-order chi connectivity index (χ1) is 12.9. The van der Waals surface area contributed by atoms with E-state index >= 15 is 0 Å². The quantitative estimate of drug-likeness (QED) is 0.129. The Kier molecular flexibility index (Phi) is 18.1. The maximum absolute atomic E-state index is 5.51. The number of hydrogen-bond acceptors (Lipinski definition) is 2. The van der Waals surface area contributed by atoms with Gasteiger partial charge in [0.25, 0.3) is 0 Å². The lowest BCUT2D eigenvalue weighted by Gasteiger charge is -2.20. The fourth-order valence-electron chi connectivity index (χ4n) is 4.01. The average molecular weight is 369 g/mol. The molecule has 0 N–H and O–H groups in total. The monoisotopic (exact) mass is 368 g/mol. The van der Waals surface area contributed by atoms with E-state index in [1.165, 1.54) is 128 Å². The maximum atomic E-state index is 5.51. The summed E-state index contributed by atoms with van der Waals surface area (Å²) in [6.07, 6.45) is 29.4. The highest BCUT2D eigenvalue weighted by molar-refractivity contribution is 4.63. The van der Waals surface area contributed by atoms with Gasteiger partial charge in [-0.3, -0.25) is 0 Å². The summed E-state index contributed by atoms with van der Waals surface area (Å²) in [5.41, 5.74) is 0. The zero-order chi connectivity index (χ0) is 18.5. The molecule has 1 rings (SSSR count). The lowest BCUT2D eigenvalue weighted by atomic mass is 9.98. The molecule has 156 valence electrons. The minimum Gasteiger partial charge on any atom is -0.236 e. The fraction of sp³-hybridized carbons (Fsp3) is 1.00. The molecule has 2 nitrogen and oxygen atoms in total. The van der Waals surface area contributed by atoms with Crippen LogP contribution in [0.2, 0.25) is 0 Å². The third kappa shape index (κ3) is 16.1. The van der Waals surface area contributed by atoms with E-state index in [-0.39, 0.29) is 0 Å². The number of hydrogen-bond donors (Lipinski definition) is 0. The molecular weight excluding hydrogens is 320 g/mol. The topological polar surface area (TPSA) is 18.5 Å². The molecule has 2 heteroatoms. The van der Waals surface area contributed by atoms with Crippen molar-refractivity contribution in [3.8, 4) is 0 Å². The summed E-state index contributed by atoms with van der Waals surface area (Å²) < 4.78 is 0. The van der Waals surface area contributed by atoms with Gasteiger partial charge in [0.15, 0.2) is 0 Å². The Hall–Kier alpha value is -0.0800. The van der Waals surface area contributed by atoms with Crippen molar-refractivity contribution in [2.45, 2.75) is 148 Å². The van der Waals surface area contributed by atoms with Gasteiger partial charge >= 0.3 is 0 Å². The van der Waals surface area contributed by atoms with Crippen molar-refractivity contribution >= 4 is 0 Å². The molecule has 0 bridgehead atoms. The molecule has 0 aromatic heterocycles. The Labute approximate surface area is 164 Å². The van der Waals surface area contributed by atoms with Crippen LogP contribution in [0.15, 0.2) is 0 Å². The first kappa shape index (κ1) is 24.0. The second-order valence-corrected chi connectivity index (χ2v) is 8.48. The van der Waals surface area contributed by atoms with Crippen molar-refractivity contribution in [2.75, 3.05) is 6.61 Å². The minimum absolute atomic E-state index is 0.379. The second-order valence-electron chi connectivity index (χ2n) is 8.48. The molecule has 0 heterocycles. The molecule has 0 atom stereocenters. The van der Waals surface area contributed by atoms with Crippen molar-refractivity contribution in [1.29, 1.82) is 0 Å². The van der Waals surface area contributed by atoms with Crippen molar-refractivity contribution in [2.24, 2.45) is 0 Å². The summed E-state index contributed by atoms with van der Waals surface area (Å²) in [5, 5.41) is 0. The molecule has 0 saturated heterocycles. The van der Waals surface area contributed by atoms with E-state index in [0.29, 0.717) is 6.10 Å². The van der Waals surface area contributed by atoms with Gasteiger partial charge in [-0.05, 0) is 19.3 Å². The highest BCUT2D eigenvalue weighted by atomic mass is 17.2. The van der Waals surface area contributed by atoms with Crippen molar-refractivity contribution < 1.29 is 9.78 Å². The molecule has 0 aromatic rings. The van der Waals surface area contributed by atoms with Crippen LogP contribution in [0.3, 0.4) is 0 Å². The lowest BCUT2D eigenvalue weighted by Crippen LogP contribution is -2.17. The van der Waals surface area contributed by atoms with Gasteiger partial charge in [-0.15, -0.1) is 0 Å². The largest absolute Gasteiger partial charge is 0.236 e. The van der Waals surface area contributed by atoms with Gasteiger partial charge < -0.3 is 0 Å². The van der Waals surface area contributed by atoms with Crippen LogP contribution in [0.1, 0.15) is 142 Å². The van der Waals surface area contributed by atoms with Crippen LogP contribution < -0.4 is 0 Å². The van der Waals surface area contributed by atoms with Crippen LogP contribution in [-0.2, 0) is 9.78 Å². The molecule has 1 fully saturated rings. The van der Waals surface area contributed by atoms with Crippen LogP contribution in [0.4, 0.5) is 0 Å². The van der Waals surface area contributed by atoms with E-state index in [0.717, 1.165) is 13.0 Å². The van der Waals surface area contributed by atoms with E-state index < -0.39 is 0 Å². The Morgan fingerprint density at radius 2 is 0.962 bits per heavy atom. The lowest BCUT2D eigenvalue weighted by molar-refractivity contribution is -0.328. The van der Waals surface area contributed by atoms with Crippen LogP contribution in [0, 0.1) is 0 Å². The van der Waals surface area contributed by atoms with Crippen molar-refractivity contribution in [3.63, 3.8) is 0 Å². The number of unbranched alkanes of at least 4 members (excludes halogenated alkanes) is 15. The molecule has 0 spiro atoms. The van der Waals surface area contributed by atoms with Gasteiger partial charge in [0.1, 0.15) is 0 Å². The SMILES string of the molecule is CCCCCCCCCCCCCCCCCCOOC1CCCCC1. The molecular formula is C24H48O2. The molecule has 0 aliphatic heterocycles. The summed E-state index contributed by atoms with van der Waals surface area (Å²) in [6.45, 7) is 3.08. The van der Waals surface area contributed by atoms with Crippen LogP contribution in [0.5, 0.6) is 0 Å². The van der Waals surface area contributed by atoms with Crippen molar-refractivity contribution in [3.05, 3.63) is 0 Å². The fourth-order valence-corrected chi connectivity index (χ4v) is 4.01. The third-order valence-corrected chi connectivity index (χ3v) is 5.84. The van der Waals surface area contributed by atoms with Gasteiger partial charge in [0, 0.05) is 0 Å². The van der Waals surface area contributed by atoms with E-state index in [1.807, 2.05) is 0 Å². The summed E-state index contributed by atoms with van der Waals surface area (Å²) in [5.74, 6) is 0. The maximum Gasteiger partial charge on any atom is 0.0930 e. The van der Waals surface area contributed by atoms with Gasteiger partial charge in [0.2, 0.25) is 0 Å². The molecule has 1 aliphatic carbocycles. The van der Waals surface area contributed by atoms with Gasteiger partial charge in [-0.2, -0.15) is 0 Å². The number of rotatable bonds is 19. The summed E-state index contributed by atoms with van der Waals surface area (Å²) in [7, 11) is 0.